The van der Waals surface area contributed by atoms with Crippen LogP contribution in [0.5, 0.6) is 0 Å². The van der Waals surface area contributed by atoms with Crippen LogP contribution in [0.25, 0.3) is 0 Å². The number of nitrogens with one attached hydrogen (secondary N) is 2. The van der Waals surface area contributed by atoms with Crippen molar-refractivity contribution in [1.82, 2.24) is 15.5 Å². The number of fused-ring (bicyclic) bond motifs is 1. The normalized spacial score (nSPS) is 37.8. The molecule has 0 bridgehead atoms. The molecule has 28 heavy (non-hydrogen) atoms. The van der Waals surface area contributed by atoms with Crippen molar-refractivity contribution in [2.75, 3.05) is 13.1 Å². The van der Waals surface area contributed by atoms with E-state index in [1.807, 2.05) is 11.8 Å². The van der Waals surface area contributed by atoms with Gasteiger partial charge in [-0.1, -0.05) is 56.0 Å². The summed E-state index contributed by atoms with van der Waals surface area (Å²) < 4.78 is 0.192. The lowest BCUT2D eigenvalue weighted by atomic mass is 9.86. The zero-order valence-corrected chi connectivity index (χ0v) is 17.1. The van der Waals surface area contributed by atoms with Crippen LogP contribution in [0.15, 0.2) is 30.3 Å². The molecule has 1 aromatic carbocycles. The van der Waals surface area contributed by atoms with E-state index in [1.165, 1.54) is 44.1 Å². The molecule has 3 N–H and O–H groups in total. The number of rotatable bonds is 4. The number of piperidine rings is 1. The molecule has 1 aromatic rings. The molecule has 6 atom stereocenters. The van der Waals surface area contributed by atoms with Gasteiger partial charge in [0.15, 0.2) is 6.19 Å². The summed E-state index contributed by atoms with van der Waals surface area (Å²) in [7, 11) is 0. The van der Waals surface area contributed by atoms with Gasteiger partial charge < -0.3 is 10.4 Å². The summed E-state index contributed by atoms with van der Waals surface area (Å²) >= 11 is 2.00. The fourth-order valence-electron chi connectivity index (χ4n) is 5.85. The number of benzene rings is 1. The summed E-state index contributed by atoms with van der Waals surface area (Å²) in [6, 6.07) is 11.5. The third-order valence-corrected chi connectivity index (χ3v) is 9.15. The van der Waals surface area contributed by atoms with Crippen LogP contribution < -0.4 is 10.6 Å². The maximum Gasteiger partial charge on any atom is 0.176 e. The minimum atomic E-state index is -0.464. The van der Waals surface area contributed by atoms with Gasteiger partial charge in [0.1, 0.15) is 6.23 Å². The molecule has 0 radical (unpaired) electrons. The molecule has 1 spiro atoms. The SMILES string of the molecule is N#CN[C@H]1[C@@H]2CN(C(O)C3NC(c4ccccc4)C4(CCCCCC4)S3)C[C@@H]21. The minimum Gasteiger partial charge on any atom is -0.376 e. The average Bonchev–Trinajstić information content (AvgIpc) is 3.06. The average molecular weight is 399 g/mol. The Bertz CT molecular complexity index is 718. The van der Waals surface area contributed by atoms with Crippen LogP contribution in [-0.4, -0.2) is 45.5 Å². The van der Waals surface area contributed by atoms with Crippen LogP contribution in [0.2, 0.25) is 0 Å². The van der Waals surface area contributed by atoms with Gasteiger partial charge in [0.25, 0.3) is 0 Å². The zero-order chi connectivity index (χ0) is 19.1. The van der Waals surface area contributed by atoms with E-state index in [1.54, 1.807) is 0 Å². The Morgan fingerprint density at radius 2 is 1.82 bits per heavy atom. The highest BCUT2D eigenvalue weighted by Crippen LogP contribution is 2.55. The third kappa shape index (κ3) is 3.23. The van der Waals surface area contributed by atoms with Gasteiger partial charge in [-0.3, -0.25) is 10.2 Å². The zero-order valence-electron chi connectivity index (χ0n) is 16.3. The van der Waals surface area contributed by atoms with Crippen LogP contribution in [0.3, 0.4) is 0 Å². The van der Waals surface area contributed by atoms with E-state index < -0.39 is 6.23 Å². The number of aliphatic hydroxyl groups is 1. The van der Waals surface area contributed by atoms with Crippen LogP contribution in [-0.2, 0) is 0 Å². The van der Waals surface area contributed by atoms with Gasteiger partial charge in [0, 0.05) is 29.9 Å². The molecule has 3 unspecified atom stereocenters. The molecular formula is C22H30N4OS. The minimum absolute atomic E-state index is 0.0446. The number of nitrogens with zero attached hydrogens (tertiary/aromatic N) is 2. The van der Waals surface area contributed by atoms with Crippen molar-refractivity contribution in [2.45, 2.75) is 67.0 Å². The Labute approximate surface area is 171 Å². The standard InChI is InChI=1S/C22H30N4OS/c23-14-24-18-16-12-26(13-17(16)18)21(27)20-25-19(15-8-4-3-5-9-15)22(28-20)10-6-1-2-7-11-22/h3-5,8-9,16-21,24-25,27H,1-2,6-7,10-13H2/t16-,17+,18+,19?,20?,21?. The van der Waals surface area contributed by atoms with E-state index in [9.17, 15) is 5.11 Å². The molecule has 2 saturated carbocycles. The Kier molecular flexibility index (Phi) is 5.04. The summed E-state index contributed by atoms with van der Waals surface area (Å²) in [5.41, 5.74) is 1.36. The highest BCUT2D eigenvalue weighted by Gasteiger charge is 2.58. The summed E-state index contributed by atoms with van der Waals surface area (Å²) in [5, 5.41) is 26.8. The monoisotopic (exact) mass is 398 g/mol. The van der Waals surface area contributed by atoms with E-state index >= 15 is 0 Å². The second-order valence-electron chi connectivity index (χ2n) is 9.00. The predicted molar refractivity (Wildman–Crippen MR) is 111 cm³/mol. The Morgan fingerprint density at radius 3 is 2.46 bits per heavy atom. The molecule has 2 aliphatic carbocycles. The molecule has 4 fully saturated rings. The highest BCUT2D eigenvalue weighted by atomic mass is 32.2. The Balaban J connectivity index is 1.32. The number of aliphatic hydroxyl groups excluding tert-OH is 1. The third-order valence-electron chi connectivity index (χ3n) is 7.40. The number of hydrogen-bond donors (Lipinski definition) is 3. The molecule has 4 aliphatic rings. The molecule has 5 nitrogen and oxygen atoms in total. The quantitative estimate of drug-likeness (QED) is 0.535. The maximum atomic E-state index is 11.2. The first-order valence-electron chi connectivity index (χ1n) is 10.8. The van der Waals surface area contributed by atoms with Gasteiger partial charge in [-0.2, -0.15) is 5.26 Å². The van der Waals surface area contributed by atoms with Crippen molar-refractivity contribution in [2.24, 2.45) is 11.8 Å². The fourth-order valence-corrected chi connectivity index (χ4v) is 7.72. The molecule has 6 heteroatoms. The molecule has 2 heterocycles. The fraction of sp³-hybridized carbons (Fsp3) is 0.682. The van der Waals surface area contributed by atoms with Crippen molar-refractivity contribution in [3.63, 3.8) is 0 Å². The first-order chi connectivity index (χ1) is 13.7. The van der Waals surface area contributed by atoms with E-state index in [0.29, 0.717) is 23.9 Å². The van der Waals surface area contributed by atoms with Crippen molar-refractivity contribution in [3.8, 4) is 6.19 Å². The number of thioether (sulfide) groups is 1. The summed E-state index contributed by atoms with van der Waals surface area (Å²) in [4.78, 5) is 2.23. The summed E-state index contributed by atoms with van der Waals surface area (Å²) in [5.74, 6) is 1.05. The molecule has 2 saturated heterocycles. The second-order valence-corrected chi connectivity index (χ2v) is 10.6. The van der Waals surface area contributed by atoms with Gasteiger partial charge in [-0.05, 0) is 30.2 Å². The van der Waals surface area contributed by atoms with Crippen molar-refractivity contribution in [1.29, 1.82) is 5.26 Å². The van der Waals surface area contributed by atoms with Crippen LogP contribution in [0, 0.1) is 23.3 Å². The van der Waals surface area contributed by atoms with Crippen molar-refractivity contribution in [3.05, 3.63) is 35.9 Å². The van der Waals surface area contributed by atoms with Crippen LogP contribution >= 0.6 is 11.8 Å². The maximum absolute atomic E-state index is 11.2. The highest BCUT2D eigenvalue weighted by molar-refractivity contribution is 8.01. The Hall–Kier alpha value is -1.26. The van der Waals surface area contributed by atoms with Gasteiger partial charge in [-0.25, -0.2) is 0 Å². The molecular weight excluding hydrogens is 368 g/mol. The second kappa shape index (κ2) is 7.53. The lowest BCUT2D eigenvalue weighted by Gasteiger charge is -2.33. The lowest BCUT2D eigenvalue weighted by molar-refractivity contribution is 0.00316. The molecule has 2 aliphatic heterocycles. The van der Waals surface area contributed by atoms with Crippen molar-refractivity contribution >= 4 is 11.8 Å². The van der Waals surface area contributed by atoms with E-state index in [2.05, 4.69) is 52.1 Å². The van der Waals surface area contributed by atoms with E-state index in [-0.39, 0.29) is 10.1 Å². The molecule has 5 rings (SSSR count). The van der Waals surface area contributed by atoms with Crippen LogP contribution in [0.4, 0.5) is 0 Å². The van der Waals surface area contributed by atoms with Gasteiger partial charge in [-0.15, -0.1) is 11.8 Å². The largest absolute Gasteiger partial charge is 0.376 e. The molecule has 0 aromatic heterocycles. The summed E-state index contributed by atoms with van der Waals surface area (Å²) in [6.45, 7) is 1.79. The Morgan fingerprint density at radius 1 is 1.14 bits per heavy atom. The van der Waals surface area contributed by atoms with Gasteiger partial charge in [0.05, 0.1) is 5.37 Å². The molecule has 0 amide bonds. The van der Waals surface area contributed by atoms with E-state index in [4.69, 9.17) is 5.26 Å². The smallest absolute Gasteiger partial charge is 0.176 e. The first kappa shape index (κ1) is 18.7. The van der Waals surface area contributed by atoms with Gasteiger partial charge in [0.2, 0.25) is 0 Å². The lowest BCUT2D eigenvalue weighted by Crippen LogP contribution is -2.47. The first-order valence-corrected chi connectivity index (χ1v) is 11.7. The number of hydrogen-bond acceptors (Lipinski definition) is 6. The van der Waals surface area contributed by atoms with Crippen molar-refractivity contribution < 1.29 is 5.11 Å². The van der Waals surface area contributed by atoms with Crippen LogP contribution in [0.1, 0.15) is 50.1 Å². The molecule has 150 valence electrons. The number of likely N-dealkylation sites (tertiary alicyclic amines) is 1. The predicted octanol–water partition coefficient (Wildman–Crippen LogP) is 2.80. The number of nitriles is 1. The van der Waals surface area contributed by atoms with E-state index in [0.717, 1.165) is 13.1 Å². The summed E-state index contributed by atoms with van der Waals surface area (Å²) in [6.07, 6.45) is 9.32. The van der Waals surface area contributed by atoms with Gasteiger partial charge >= 0.3 is 0 Å². The topological polar surface area (TPSA) is 71.3 Å².